The van der Waals surface area contributed by atoms with E-state index in [1.165, 1.54) is 4.68 Å². The molecule has 5 rings (SSSR count). The number of rotatable bonds is 4. The molecule has 0 spiro atoms. The lowest BCUT2D eigenvalue weighted by molar-refractivity contribution is 0.0843. The highest BCUT2D eigenvalue weighted by molar-refractivity contribution is 6.06. The van der Waals surface area contributed by atoms with Crippen LogP contribution in [0.5, 0.6) is 0 Å². The van der Waals surface area contributed by atoms with Gasteiger partial charge in [0.2, 0.25) is 0 Å². The Kier molecular flexibility index (Phi) is 5.58. The van der Waals surface area contributed by atoms with Gasteiger partial charge in [-0.15, -0.1) is 0 Å². The molecule has 0 aliphatic rings. The van der Waals surface area contributed by atoms with E-state index in [1.54, 1.807) is 54.9 Å². The molecule has 0 fully saturated rings. The van der Waals surface area contributed by atoms with Crippen LogP contribution in [0.4, 0.5) is 0 Å². The van der Waals surface area contributed by atoms with Crippen LogP contribution in [-0.4, -0.2) is 31.1 Å². The normalized spacial score (nSPS) is 11.2. The van der Waals surface area contributed by atoms with Crippen molar-refractivity contribution in [1.29, 1.82) is 0 Å². The third-order valence-corrected chi connectivity index (χ3v) is 5.68. The van der Waals surface area contributed by atoms with E-state index in [0.717, 1.165) is 16.7 Å². The number of fused-ring (bicyclic) bond motifs is 2. The number of hydrogen-bond donors (Lipinski definition) is 2. The summed E-state index contributed by atoms with van der Waals surface area (Å²) in [6.45, 7) is 3.62. The van der Waals surface area contributed by atoms with Crippen molar-refractivity contribution >= 4 is 33.6 Å². The van der Waals surface area contributed by atoms with E-state index in [0.29, 0.717) is 16.3 Å². The fourth-order valence-corrected chi connectivity index (χ4v) is 3.91. The van der Waals surface area contributed by atoms with Crippen LogP contribution in [0.2, 0.25) is 0 Å². The topological polar surface area (TPSA) is 111 Å². The Morgan fingerprint density at radius 3 is 2.23 bits per heavy atom. The van der Waals surface area contributed by atoms with E-state index in [4.69, 9.17) is 0 Å². The maximum atomic E-state index is 12.9. The van der Waals surface area contributed by atoms with E-state index >= 15 is 0 Å². The quantitative estimate of drug-likeness (QED) is 0.395. The minimum atomic E-state index is -0.620. The van der Waals surface area contributed by atoms with Gasteiger partial charge in [-0.05, 0) is 56.3 Å². The van der Waals surface area contributed by atoms with E-state index in [2.05, 4.69) is 20.9 Å². The summed E-state index contributed by atoms with van der Waals surface area (Å²) in [6, 6.07) is 21.2. The van der Waals surface area contributed by atoms with Gasteiger partial charge in [-0.3, -0.25) is 29.8 Å². The van der Waals surface area contributed by atoms with Crippen molar-refractivity contribution in [3.05, 3.63) is 101 Å². The van der Waals surface area contributed by atoms with Crippen molar-refractivity contribution in [3.8, 4) is 5.69 Å². The number of hydrazine groups is 1. The molecule has 2 heterocycles. The molecule has 9 heteroatoms. The Balaban J connectivity index is 1.34. The van der Waals surface area contributed by atoms with Crippen molar-refractivity contribution in [1.82, 2.24) is 30.2 Å². The molecule has 0 bridgehead atoms. The first-order valence-corrected chi connectivity index (χ1v) is 11.1. The minimum Gasteiger partial charge on any atom is -0.299 e. The smallest absolute Gasteiger partial charge is 0.290 e. The van der Waals surface area contributed by atoms with Gasteiger partial charge in [0, 0.05) is 16.6 Å². The van der Waals surface area contributed by atoms with Crippen molar-refractivity contribution in [2.24, 2.45) is 0 Å². The average molecular weight is 467 g/mol. The van der Waals surface area contributed by atoms with Gasteiger partial charge < -0.3 is 0 Å². The van der Waals surface area contributed by atoms with E-state index in [1.807, 2.05) is 42.7 Å². The van der Waals surface area contributed by atoms with Crippen LogP contribution in [0, 0.1) is 0 Å². The summed E-state index contributed by atoms with van der Waals surface area (Å²) in [4.78, 5) is 42.6. The molecule has 174 valence electrons. The van der Waals surface area contributed by atoms with E-state index < -0.39 is 11.8 Å². The average Bonchev–Trinajstić information content (AvgIpc) is 3.31. The molecule has 0 saturated carbocycles. The zero-order valence-electron chi connectivity index (χ0n) is 19.1. The largest absolute Gasteiger partial charge is 0.299 e. The molecule has 3 aromatic carbocycles. The lowest BCUT2D eigenvalue weighted by atomic mass is 10.1. The number of aromatic nitrogens is 4. The molecule has 0 unspecified atom stereocenters. The maximum Gasteiger partial charge on any atom is 0.290 e. The summed E-state index contributed by atoms with van der Waals surface area (Å²) in [6.07, 6.45) is 1.73. The molecule has 2 N–H and O–H groups in total. The molecule has 0 aliphatic carbocycles. The van der Waals surface area contributed by atoms with Crippen molar-refractivity contribution < 1.29 is 9.59 Å². The first kappa shape index (κ1) is 22.0. The predicted molar refractivity (Wildman–Crippen MR) is 132 cm³/mol. The van der Waals surface area contributed by atoms with Gasteiger partial charge in [-0.25, -0.2) is 9.67 Å². The van der Waals surface area contributed by atoms with Gasteiger partial charge in [-0.2, -0.15) is 5.10 Å². The van der Waals surface area contributed by atoms with Gasteiger partial charge in [0.05, 0.1) is 22.5 Å². The standard InChI is InChI=1S/C26H22N6O3/c1-16(2)32-26(35)20-8-4-3-7-19(20)23(30-32)25(34)29-28-24(33)17-11-13-18(14-12-17)31-15-27-21-9-5-6-10-22(21)31/h3-16H,1-2H3,(H,28,33)(H,29,34). The second kappa shape index (κ2) is 8.86. The lowest BCUT2D eigenvalue weighted by Crippen LogP contribution is -2.43. The highest BCUT2D eigenvalue weighted by Crippen LogP contribution is 2.18. The van der Waals surface area contributed by atoms with E-state index in [-0.39, 0.29) is 17.3 Å². The van der Waals surface area contributed by atoms with Gasteiger partial charge in [0.25, 0.3) is 17.4 Å². The van der Waals surface area contributed by atoms with Crippen molar-refractivity contribution in [3.63, 3.8) is 0 Å². The van der Waals surface area contributed by atoms with E-state index in [9.17, 15) is 14.4 Å². The van der Waals surface area contributed by atoms with Gasteiger partial charge in [0.1, 0.15) is 6.33 Å². The third kappa shape index (κ3) is 4.04. The van der Waals surface area contributed by atoms with Gasteiger partial charge in [0.15, 0.2) is 5.69 Å². The van der Waals surface area contributed by atoms with Gasteiger partial charge >= 0.3 is 0 Å². The monoisotopic (exact) mass is 466 g/mol. The van der Waals surface area contributed by atoms with Crippen LogP contribution in [0.25, 0.3) is 27.5 Å². The summed E-state index contributed by atoms with van der Waals surface area (Å²) in [7, 11) is 0. The first-order chi connectivity index (χ1) is 16.9. The predicted octanol–water partition coefficient (Wildman–Crippen LogP) is 3.39. The highest BCUT2D eigenvalue weighted by atomic mass is 16.2. The first-order valence-electron chi connectivity index (χ1n) is 11.1. The Morgan fingerprint density at radius 2 is 1.49 bits per heavy atom. The Hall–Kier alpha value is -4.79. The maximum absolute atomic E-state index is 12.9. The highest BCUT2D eigenvalue weighted by Gasteiger charge is 2.18. The fraction of sp³-hybridized carbons (Fsp3) is 0.115. The molecular weight excluding hydrogens is 444 g/mol. The molecule has 0 saturated heterocycles. The minimum absolute atomic E-state index is 0.0523. The Morgan fingerprint density at radius 1 is 0.829 bits per heavy atom. The summed E-state index contributed by atoms with van der Waals surface area (Å²) in [5, 5.41) is 5.05. The number of benzene rings is 3. The van der Waals surface area contributed by atoms with Crippen LogP contribution in [-0.2, 0) is 0 Å². The molecule has 0 atom stereocenters. The number of nitrogens with one attached hydrogen (secondary N) is 2. The summed E-state index contributed by atoms with van der Waals surface area (Å²) < 4.78 is 3.19. The fourth-order valence-electron chi connectivity index (χ4n) is 3.91. The molecule has 35 heavy (non-hydrogen) atoms. The third-order valence-electron chi connectivity index (χ3n) is 5.68. The number of carbonyl (C=O) groups excluding carboxylic acids is 2. The van der Waals surface area contributed by atoms with Gasteiger partial charge in [-0.1, -0.05) is 30.3 Å². The molecular formula is C26H22N6O3. The summed E-state index contributed by atoms with van der Waals surface area (Å²) >= 11 is 0. The molecule has 9 nitrogen and oxygen atoms in total. The molecule has 2 amide bonds. The second-order valence-electron chi connectivity index (χ2n) is 8.30. The molecule has 2 aromatic heterocycles. The van der Waals surface area contributed by atoms with Crippen molar-refractivity contribution in [2.75, 3.05) is 0 Å². The summed E-state index contributed by atoms with van der Waals surface area (Å²) in [5.74, 6) is -1.10. The number of amides is 2. The number of carbonyl (C=O) groups is 2. The second-order valence-corrected chi connectivity index (χ2v) is 8.30. The Bertz CT molecular complexity index is 1630. The SMILES string of the molecule is CC(C)n1nc(C(=O)NNC(=O)c2ccc(-n3cnc4ccccc43)cc2)c2ccccc2c1=O. The van der Waals surface area contributed by atoms with Crippen LogP contribution in [0.15, 0.2) is 83.9 Å². The number of para-hydroxylation sites is 2. The number of nitrogens with zero attached hydrogens (tertiary/aromatic N) is 4. The van der Waals surface area contributed by atoms with Crippen molar-refractivity contribution in [2.45, 2.75) is 19.9 Å². The molecule has 5 aromatic rings. The Labute approximate surface area is 200 Å². The number of hydrogen-bond acceptors (Lipinski definition) is 5. The zero-order chi connectivity index (χ0) is 24.5. The van der Waals surface area contributed by atoms with Crippen LogP contribution in [0.1, 0.15) is 40.7 Å². The molecule has 0 radical (unpaired) electrons. The zero-order valence-corrected chi connectivity index (χ0v) is 19.1. The number of imidazole rings is 1. The van der Waals surface area contributed by atoms with Crippen LogP contribution >= 0.6 is 0 Å². The lowest BCUT2D eigenvalue weighted by Gasteiger charge is -2.14. The summed E-state index contributed by atoms with van der Waals surface area (Å²) in [5.41, 5.74) is 7.66. The van der Waals surface area contributed by atoms with Crippen LogP contribution < -0.4 is 16.4 Å². The molecule has 0 aliphatic heterocycles. The van der Waals surface area contributed by atoms with Crippen LogP contribution in [0.3, 0.4) is 0 Å².